The molecule has 5 nitrogen and oxygen atoms in total. The van der Waals surface area contributed by atoms with E-state index in [2.05, 4.69) is 45.3 Å². The number of hydrazine groups is 2. The van der Waals surface area contributed by atoms with Crippen molar-refractivity contribution in [2.24, 2.45) is 5.92 Å². The summed E-state index contributed by atoms with van der Waals surface area (Å²) in [5, 5.41) is 5.35. The summed E-state index contributed by atoms with van der Waals surface area (Å²) in [6, 6.07) is 15.0. The number of hydrogen-bond donors (Lipinski definition) is 4. The van der Waals surface area contributed by atoms with Gasteiger partial charge in [-0.2, -0.15) is 5.53 Å². The van der Waals surface area contributed by atoms with E-state index >= 15 is 0 Å². The van der Waals surface area contributed by atoms with Gasteiger partial charge in [-0.3, -0.25) is 4.79 Å². The van der Waals surface area contributed by atoms with Crippen LogP contribution in [0.3, 0.4) is 0 Å². The monoisotopic (exact) mass is 342 g/mol. The minimum Gasteiger partial charge on any atom is -0.344 e. The van der Waals surface area contributed by atoms with Crippen molar-refractivity contribution >= 4 is 17.2 Å². The highest BCUT2D eigenvalue weighted by atomic mass is 32.1. The van der Waals surface area contributed by atoms with Crippen LogP contribution in [0.25, 0.3) is 0 Å². The lowest BCUT2D eigenvalue weighted by atomic mass is 9.82. The molecule has 2 fully saturated rings. The quantitative estimate of drug-likeness (QED) is 0.687. The number of nitrogens with one attached hydrogen (secondary N) is 4. The van der Waals surface area contributed by atoms with Gasteiger partial charge in [0.15, 0.2) is 0 Å². The summed E-state index contributed by atoms with van der Waals surface area (Å²) in [5.41, 5.74) is 10.5. The van der Waals surface area contributed by atoms with E-state index in [4.69, 9.17) is 0 Å². The van der Waals surface area contributed by atoms with Crippen LogP contribution in [0.1, 0.15) is 35.7 Å². The van der Waals surface area contributed by atoms with E-state index in [1.807, 2.05) is 24.3 Å². The Morgan fingerprint density at radius 1 is 1.08 bits per heavy atom. The van der Waals surface area contributed by atoms with Crippen molar-refractivity contribution in [1.82, 2.24) is 21.7 Å². The van der Waals surface area contributed by atoms with E-state index in [1.165, 1.54) is 4.88 Å². The minimum atomic E-state index is -0.0655. The van der Waals surface area contributed by atoms with Crippen LogP contribution >= 0.6 is 11.3 Å². The molecule has 0 bridgehead atoms. The van der Waals surface area contributed by atoms with Crippen molar-refractivity contribution in [3.05, 3.63) is 58.3 Å². The molecule has 0 radical (unpaired) electrons. The number of amides is 1. The Balaban J connectivity index is 1.49. The average molecular weight is 342 g/mol. The van der Waals surface area contributed by atoms with Crippen molar-refractivity contribution in [2.45, 2.75) is 37.4 Å². The summed E-state index contributed by atoms with van der Waals surface area (Å²) in [7, 11) is 0. The zero-order valence-corrected chi connectivity index (χ0v) is 14.2. The first-order valence-corrected chi connectivity index (χ1v) is 9.34. The molecule has 4 unspecified atom stereocenters. The molecule has 1 aliphatic heterocycles. The van der Waals surface area contributed by atoms with Crippen LogP contribution in [0.4, 0.5) is 0 Å². The minimum absolute atomic E-state index is 0.0617. The summed E-state index contributed by atoms with van der Waals surface area (Å²) in [6.45, 7) is 0. The van der Waals surface area contributed by atoms with E-state index in [1.54, 1.807) is 11.3 Å². The molecule has 2 aliphatic rings. The third kappa shape index (κ3) is 3.23. The first kappa shape index (κ1) is 15.8. The van der Waals surface area contributed by atoms with Crippen molar-refractivity contribution in [3.63, 3.8) is 0 Å². The molecule has 4 rings (SSSR count). The molecule has 4 atom stereocenters. The lowest BCUT2D eigenvalue weighted by molar-refractivity contribution is -0.126. The van der Waals surface area contributed by atoms with Crippen LogP contribution in [0.15, 0.2) is 47.8 Å². The molecule has 1 saturated carbocycles. The number of hydrogen-bond acceptors (Lipinski definition) is 5. The highest BCUT2D eigenvalue weighted by Crippen LogP contribution is 2.30. The molecule has 6 heteroatoms. The van der Waals surface area contributed by atoms with E-state index in [0.717, 1.165) is 24.8 Å². The van der Waals surface area contributed by atoms with Crippen LogP contribution in [0.5, 0.6) is 0 Å². The Labute approximate surface area is 145 Å². The SMILES string of the molecule is O=C(NC(c1ccccc1)c1cccs1)C1CCC2NNNC2C1. The highest BCUT2D eigenvalue weighted by molar-refractivity contribution is 7.10. The molecule has 2 aromatic rings. The number of thiophene rings is 1. The maximum Gasteiger partial charge on any atom is 0.223 e. The predicted molar refractivity (Wildman–Crippen MR) is 95.1 cm³/mol. The Hall–Kier alpha value is -1.73. The van der Waals surface area contributed by atoms with E-state index in [0.29, 0.717) is 12.1 Å². The third-order valence-corrected chi connectivity index (χ3v) is 5.92. The van der Waals surface area contributed by atoms with Gasteiger partial charge in [-0.25, -0.2) is 10.9 Å². The zero-order chi connectivity index (χ0) is 16.4. The predicted octanol–water partition coefficient (Wildman–Crippen LogP) is 2.10. The molecule has 0 spiro atoms. The van der Waals surface area contributed by atoms with Crippen molar-refractivity contribution in [1.29, 1.82) is 0 Å². The normalized spacial score (nSPS) is 27.4. The maximum absolute atomic E-state index is 12.9. The van der Waals surface area contributed by atoms with Crippen molar-refractivity contribution < 1.29 is 4.79 Å². The van der Waals surface area contributed by atoms with Crippen LogP contribution < -0.4 is 21.7 Å². The van der Waals surface area contributed by atoms with E-state index in [-0.39, 0.29) is 17.9 Å². The van der Waals surface area contributed by atoms with Crippen LogP contribution in [0.2, 0.25) is 0 Å². The Kier molecular flexibility index (Phi) is 4.62. The van der Waals surface area contributed by atoms with Gasteiger partial charge in [0.1, 0.15) is 0 Å². The summed E-state index contributed by atoms with van der Waals surface area (Å²) < 4.78 is 0. The number of rotatable bonds is 4. The fourth-order valence-corrected chi connectivity index (χ4v) is 4.45. The van der Waals surface area contributed by atoms with Crippen LogP contribution in [0, 0.1) is 5.92 Å². The number of carbonyl (C=O) groups excluding carboxylic acids is 1. The lowest BCUT2D eigenvalue weighted by Crippen LogP contribution is -2.44. The van der Waals surface area contributed by atoms with Crippen LogP contribution in [-0.2, 0) is 4.79 Å². The second kappa shape index (κ2) is 7.03. The summed E-state index contributed by atoms with van der Waals surface area (Å²) in [6.07, 6.45) is 2.80. The van der Waals surface area contributed by atoms with Crippen LogP contribution in [-0.4, -0.2) is 18.0 Å². The Bertz CT molecular complexity index is 676. The molecule has 1 saturated heterocycles. The molecule has 126 valence electrons. The average Bonchev–Trinajstić information content (AvgIpc) is 3.31. The molecule has 1 amide bonds. The molecule has 1 aromatic heterocycles. The van der Waals surface area contributed by atoms with Crippen molar-refractivity contribution in [3.8, 4) is 0 Å². The van der Waals surface area contributed by atoms with Gasteiger partial charge in [0.2, 0.25) is 5.91 Å². The van der Waals surface area contributed by atoms with Gasteiger partial charge in [-0.05, 0) is 36.3 Å². The molecular weight excluding hydrogens is 320 g/mol. The number of fused-ring (bicyclic) bond motifs is 1. The van der Waals surface area contributed by atoms with Gasteiger partial charge in [-0.1, -0.05) is 36.4 Å². The van der Waals surface area contributed by atoms with Gasteiger partial charge in [0.05, 0.1) is 6.04 Å². The van der Waals surface area contributed by atoms with E-state index in [9.17, 15) is 4.79 Å². The maximum atomic E-state index is 12.9. The second-order valence-corrected chi connectivity index (χ2v) is 7.48. The first-order chi connectivity index (χ1) is 11.8. The zero-order valence-electron chi connectivity index (χ0n) is 13.4. The Morgan fingerprint density at radius 3 is 2.71 bits per heavy atom. The fourth-order valence-electron chi connectivity index (χ4n) is 3.65. The Morgan fingerprint density at radius 2 is 1.92 bits per heavy atom. The largest absolute Gasteiger partial charge is 0.344 e. The van der Waals surface area contributed by atoms with Gasteiger partial charge >= 0.3 is 0 Å². The number of carbonyl (C=O) groups is 1. The summed E-state index contributed by atoms with van der Waals surface area (Å²) >= 11 is 1.68. The standard InChI is InChI=1S/C18H22N4OS/c23-18(13-8-9-14-15(11-13)21-22-20-14)19-17(16-7-4-10-24-16)12-5-2-1-3-6-12/h1-7,10,13-15,17,20-22H,8-9,11H2,(H,19,23). The summed E-state index contributed by atoms with van der Waals surface area (Å²) in [4.78, 5) is 14.1. The molecular formula is C18H22N4OS. The van der Waals surface area contributed by atoms with E-state index < -0.39 is 0 Å². The topological polar surface area (TPSA) is 65.2 Å². The number of benzene rings is 1. The molecule has 4 N–H and O–H groups in total. The molecule has 1 aliphatic carbocycles. The van der Waals surface area contributed by atoms with Gasteiger partial charge in [0, 0.05) is 22.9 Å². The third-order valence-electron chi connectivity index (χ3n) is 4.98. The molecule has 2 heterocycles. The van der Waals surface area contributed by atoms with Gasteiger partial charge in [0.25, 0.3) is 0 Å². The highest BCUT2D eigenvalue weighted by Gasteiger charge is 2.37. The molecule has 1 aromatic carbocycles. The van der Waals surface area contributed by atoms with Crippen molar-refractivity contribution in [2.75, 3.05) is 0 Å². The lowest BCUT2D eigenvalue weighted by Gasteiger charge is -2.30. The smallest absolute Gasteiger partial charge is 0.223 e. The summed E-state index contributed by atoms with van der Waals surface area (Å²) in [5.74, 6) is 0.219. The first-order valence-electron chi connectivity index (χ1n) is 8.46. The second-order valence-electron chi connectivity index (χ2n) is 6.50. The molecule has 24 heavy (non-hydrogen) atoms. The van der Waals surface area contributed by atoms with Gasteiger partial charge < -0.3 is 5.32 Å². The van der Waals surface area contributed by atoms with Gasteiger partial charge in [-0.15, -0.1) is 11.3 Å². The fraction of sp³-hybridized carbons (Fsp3) is 0.389.